The van der Waals surface area contributed by atoms with Crippen molar-refractivity contribution in [1.29, 1.82) is 0 Å². The van der Waals surface area contributed by atoms with Gasteiger partial charge in [-0.3, -0.25) is 0 Å². The number of rotatable bonds is 6. The molecule has 0 fully saturated rings. The highest BCUT2D eigenvalue weighted by molar-refractivity contribution is 5.54. The van der Waals surface area contributed by atoms with Gasteiger partial charge in [0.1, 0.15) is 13.2 Å². The monoisotopic (exact) mass is 329 g/mol. The van der Waals surface area contributed by atoms with Gasteiger partial charge in [0.25, 0.3) is 0 Å². The number of methoxy groups -OCH3 is 1. The third-order valence-electron chi connectivity index (χ3n) is 4.01. The highest BCUT2D eigenvalue weighted by atomic mass is 16.6. The summed E-state index contributed by atoms with van der Waals surface area (Å²) in [7, 11) is 1.63. The van der Waals surface area contributed by atoms with Gasteiger partial charge in [-0.2, -0.15) is 0 Å². The fraction of sp³-hybridized carbons (Fsp3) is 0.368. The standard InChI is InChI=1S/C19H23NO4/c1-13(21)16-5-3-14(4-6-16)11-20-12-15-9-17(22-2)19-18(10-15)23-7-8-24-19/h3-6,9-10,13,20-21H,7-8,11-12H2,1-2H3/t13-/m1/s1. The number of hydrogen-bond donors (Lipinski definition) is 2. The SMILES string of the molecule is COc1cc(CNCc2ccc([C@@H](C)O)cc2)cc2c1OCCO2. The Morgan fingerprint density at radius 3 is 2.50 bits per heavy atom. The average Bonchev–Trinajstić information content (AvgIpc) is 2.61. The molecule has 0 aliphatic carbocycles. The quantitative estimate of drug-likeness (QED) is 0.853. The van der Waals surface area contributed by atoms with Crippen molar-refractivity contribution in [3.63, 3.8) is 0 Å². The van der Waals surface area contributed by atoms with Crippen LogP contribution in [-0.2, 0) is 13.1 Å². The first-order valence-electron chi connectivity index (χ1n) is 8.11. The lowest BCUT2D eigenvalue weighted by Gasteiger charge is -2.21. The molecule has 1 aliphatic rings. The molecule has 2 aromatic rings. The fourth-order valence-corrected chi connectivity index (χ4v) is 2.69. The van der Waals surface area contributed by atoms with Crippen LogP contribution in [0.1, 0.15) is 29.7 Å². The van der Waals surface area contributed by atoms with E-state index in [4.69, 9.17) is 14.2 Å². The molecule has 2 aromatic carbocycles. The van der Waals surface area contributed by atoms with Crippen LogP contribution in [0.25, 0.3) is 0 Å². The largest absolute Gasteiger partial charge is 0.493 e. The van der Waals surface area contributed by atoms with Crippen molar-refractivity contribution in [1.82, 2.24) is 5.32 Å². The van der Waals surface area contributed by atoms with Gasteiger partial charge in [-0.1, -0.05) is 24.3 Å². The number of hydrogen-bond acceptors (Lipinski definition) is 5. The predicted octanol–water partition coefficient (Wildman–Crippen LogP) is 2.81. The summed E-state index contributed by atoms with van der Waals surface area (Å²) < 4.78 is 16.7. The zero-order valence-electron chi connectivity index (χ0n) is 14.0. The lowest BCUT2D eigenvalue weighted by Crippen LogP contribution is -2.17. The van der Waals surface area contributed by atoms with Crippen molar-refractivity contribution >= 4 is 0 Å². The van der Waals surface area contributed by atoms with Crippen LogP contribution in [0.4, 0.5) is 0 Å². The number of nitrogens with one attached hydrogen (secondary N) is 1. The summed E-state index contributed by atoms with van der Waals surface area (Å²) in [5, 5.41) is 12.9. The molecule has 0 saturated carbocycles. The molecule has 5 heteroatoms. The first-order valence-corrected chi connectivity index (χ1v) is 8.11. The van der Waals surface area contributed by atoms with Crippen LogP contribution in [0.5, 0.6) is 17.2 Å². The number of ether oxygens (including phenoxy) is 3. The van der Waals surface area contributed by atoms with Gasteiger partial charge in [0, 0.05) is 13.1 Å². The topological polar surface area (TPSA) is 60.0 Å². The van der Waals surface area contributed by atoms with E-state index in [2.05, 4.69) is 5.32 Å². The fourth-order valence-electron chi connectivity index (χ4n) is 2.69. The maximum absolute atomic E-state index is 9.54. The van der Waals surface area contributed by atoms with Gasteiger partial charge in [0.2, 0.25) is 5.75 Å². The molecule has 24 heavy (non-hydrogen) atoms. The number of benzene rings is 2. The van der Waals surface area contributed by atoms with E-state index >= 15 is 0 Å². The maximum atomic E-state index is 9.54. The van der Waals surface area contributed by atoms with Crippen molar-refractivity contribution < 1.29 is 19.3 Å². The molecular formula is C19H23NO4. The zero-order chi connectivity index (χ0) is 16.9. The second-order valence-corrected chi connectivity index (χ2v) is 5.84. The second kappa shape index (κ2) is 7.55. The van der Waals surface area contributed by atoms with Crippen molar-refractivity contribution in [3.8, 4) is 17.2 Å². The average molecular weight is 329 g/mol. The Balaban J connectivity index is 1.62. The Morgan fingerprint density at radius 2 is 1.79 bits per heavy atom. The molecule has 1 aliphatic heterocycles. The van der Waals surface area contributed by atoms with Gasteiger partial charge >= 0.3 is 0 Å². The molecule has 3 rings (SSSR count). The van der Waals surface area contributed by atoms with Gasteiger partial charge in [-0.15, -0.1) is 0 Å². The number of aliphatic hydroxyl groups is 1. The van der Waals surface area contributed by atoms with E-state index in [0.29, 0.717) is 31.3 Å². The van der Waals surface area contributed by atoms with Crippen LogP contribution in [0.3, 0.4) is 0 Å². The minimum absolute atomic E-state index is 0.433. The molecule has 0 radical (unpaired) electrons. The van der Waals surface area contributed by atoms with Gasteiger partial charge in [-0.25, -0.2) is 0 Å². The summed E-state index contributed by atoms with van der Waals surface area (Å²) >= 11 is 0. The molecule has 0 unspecified atom stereocenters. The molecule has 0 spiro atoms. The van der Waals surface area contributed by atoms with Crippen LogP contribution in [-0.4, -0.2) is 25.4 Å². The van der Waals surface area contributed by atoms with Crippen molar-refractivity contribution in [2.75, 3.05) is 20.3 Å². The third-order valence-corrected chi connectivity index (χ3v) is 4.01. The second-order valence-electron chi connectivity index (χ2n) is 5.84. The molecule has 128 valence electrons. The van der Waals surface area contributed by atoms with Crippen molar-refractivity contribution in [3.05, 3.63) is 53.1 Å². The van der Waals surface area contributed by atoms with Crippen molar-refractivity contribution in [2.45, 2.75) is 26.1 Å². The van der Waals surface area contributed by atoms with Crippen LogP contribution < -0.4 is 19.5 Å². The van der Waals surface area contributed by atoms with E-state index in [1.165, 1.54) is 5.56 Å². The van der Waals surface area contributed by atoms with E-state index in [-0.39, 0.29) is 0 Å². The molecule has 0 aromatic heterocycles. The van der Waals surface area contributed by atoms with E-state index < -0.39 is 6.10 Å². The molecule has 2 N–H and O–H groups in total. The summed E-state index contributed by atoms with van der Waals surface area (Å²) in [5.41, 5.74) is 3.18. The van der Waals surface area contributed by atoms with Gasteiger partial charge < -0.3 is 24.6 Å². The normalized spacial score (nSPS) is 14.3. The Kier molecular flexibility index (Phi) is 5.23. The number of aliphatic hydroxyl groups excluding tert-OH is 1. The molecule has 0 saturated heterocycles. The predicted molar refractivity (Wildman–Crippen MR) is 91.6 cm³/mol. The number of fused-ring (bicyclic) bond motifs is 1. The lowest BCUT2D eigenvalue weighted by atomic mass is 10.1. The summed E-state index contributed by atoms with van der Waals surface area (Å²) in [6, 6.07) is 11.9. The lowest BCUT2D eigenvalue weighted by molar-refractivity contribution is 0.165. The Morgan fingerprint density at radius 1 is 1.08 bits per heavy atom. The minimum Gasteiger partial charge on any atom is -0.493 e. The molecule has 0 amide bonds. The van der Waals surface area contributed by atoms with E-state index in [9.17, 15) is 5.11 Å². The van der Waals surface area contributed by atoms with E-state index in [1.54, 1.807) is 14.0 Å². The van der Waals surface area contributed by atoms with Crippen LogP contribution in [0, 0.1) is 0 Å². The van der Waals surface area contributed by atoms with Crippen LogP contribution in [0.2, 0.25) is 0 Å². The Labute approximate surface area is 142 Å². The summed E-state index contributed by atoms with van der Waals surface area (Å²) in [6.07, 6.45) is -0.433. The Bertz CT molecular complexity index is 665. The van der Waals surface area contributed by atoms with Gasteiger partial charge in [0.05, 0.1) is 13.2 Å². The molecule has 5 nitrogen and oxygen atoms in total. The van der Waals surface area contributed by atoms with Crippen LogP contribution in [0.15, 0.2) is 36.4 Å². The highest BCUT2D eigenvalue weighted by Crippen LogP contribution is 2.40. The summed E-state index contributed by atoms with van der Waals surface area (Å²) in [5.74, 6) is 2.12. The zero-order valence-corrected chi connectivity index (χ0v) is 14.0. The van der Waals surface area contributed by atoms with Gasteiger partial charge in [-0.05, 0) is 35.7 Å². The summed E-state index contributed by atoms with van der Waals surface area (Å²) in [4.78, 5) is 0. The Hall–Kier alpha value is -2.24. The van der Waals surface area contributed by atoms with E-state index in [0.717, 1.165) is 23.4 Å². The smallest absolute Gasteiger partial charge is 0.203 e. The van der Waals surface area contributed by atoms with Gasteiger partial charge in [0.15, 0.2) is 11.5 Å². The summed E-state index contributed by atoms with van der Waals surface area (Å²) in [6.45, 7) is 4.32. The molecule has 1 atom stereocenters. The molecule has 0 bridgehead atoms. The first kappa shape index (κ1) is 16.6. The third kappa shape index (κ3) is 3.80. The minimum atomic E-state index is -0.433. The van der Waals surface area contributed by atoms with Crippen molar-refractivity contribution in [2.24, 2.45) is 0 Å². The molecule has 1 heterocycles. The van der Waals surface area contributed by atoms with E-state index in [1.807, 2.05) is 36.4 Å². The first-order chi connectivity index (χ1) is 11.7. The maximum Gasteiger partial charge on any atom is 0.203 e. The van der Waals surface area contributed by atoms with Crippen LogP contribution >= 0.6 is 0 Å². The highest BCUT2D eigenvalue weighted by Gasteiger charge is 2.18. The molecular weight excluding hydrogens is 306 g/mol.